The second-order valence-corrected chi connectivity index (χ2v) is 5.31. The number of nitro benzene ring substituents is 1. The first kappa shape index (κ1) is 15.4. The largest absolute Gasteiger partial charge is 0.484 e. The van der Waals surface area contributed by atoms with Crippen LogP contribution in [0.15, 0.2) is 16.6 Å². The molecule has 19 heavy (non-hydrogen) atoms. The van der Waals surface area contributed by atoms with E-state index in [9.17, 15) is 14.9 Å². The molecule has 0 aliphatic carbocycles. The molecule has 1 atom stereocenters. The molecule has 1 amide bonds. The lowest BCUT2D eigenvalue weighted by molar-refractivity contribution is -0.386. The number of nitrogens with zero attached hydrogens (tertiary/aromatic N) is 1. The number of primary amides is 1. The number of benzene rings is 1. The molecule has 1 aromatic rings. The van der Waals surface area contributed by atoms with Gasteiger partial charge in [-0.05, 0) is 25.5 Å². The zero-order valence-corrected chi connectivity index (χ0v) is 12.1. The summed E-state index contributed by atoms with van der Waals surface area (Å²) in [5.41, 5.74) is 9.70. The van der Waals surface area contributed by atoms with Crippen molar-refractivity contribution in [2.45, 2.75) is 19.4 Å². The predicted octanol–water partition coefficient (Wildman–Crippen LogP) is 1.25. The number of nitro groups is 1. The number of ether oxygens (including phenoxy) is 1. The van der Waals surface area contributed by atoms with Gasteiger partial charge in [-0.1, -0.05) is 15.9 Å². The Morgan fingerprint density at radius 1 is 1.58 bits per heavy atom. The Morgan fingerprint density at radius 3 is 2.63 bits per heavy atom. The van der Waals surface area contributed by atoms with E-state index in [1.54, 1.807) is 13.0 Å². The van der Waals surface area contributed by atoms with Gasteiger partial charge >= 0.3 is 5.69 Å². The molecule has 1 unspecified atom stereocenters. The first-order valence-corrected chi connectivity index (χ1v) is 6.10. The molecule has 0 saturated carbocycles. The average Bonchev–Trinajstić information content (AvgIpc) is 2.26. The summed E-state index contributed by atoms with van der Waals surface area (Å²) in [6.45, 7) is 2.81. The van der Waals surface area contributed by atoms with E-state index in [-0.39, 0.29) is 18.0 Å². The summed E-state index contributed by atoms with van der Waals surface area (Å²) in [6, 6.07) is 2.99. The highest BCUT2D eigenvalue weighted by Gasteiger charge is 2.29. The second-order valence-electron chi connectivity index (χ2n) is 4.40. The third kappa shape index (κ3) is 3.65. The summed E-state index contributed by atoms with van der Waals surface area (Å²) in [5.74, 6) is -0.670. The van der Waals surface area contributed by atoms with Gasteiger partial charge < -0.3 is 16.2 Å². The molecule has 7 nitrogen and oxygen atoms in total. The smallest absolute Gasteiger partial charge is 0.312 e. The lowest BCUT2D eigenvalue weighted by Gasteiger charge is -2.21. The normalized spacial score (nSPS) is 13.7. The van der Waals surface area contributed by atoms with Crippen LogP contribution in [-0.4, -0.2) is 23.0 Å². The molecule has 8 heteroatoms. The van der Waals surface area contributed by atoms with Crippen molar-refractivity contribution in [1.82, 2.24) is 0 Å². The van der Waals surface area contributed by atoms with E-state index in [1.807, 2.05) is 0 Å². The highest BCUT2D eigenvalue weighted by atomic mass is 79.9. The molecule has 0 spiro atoms. The third-order valence-corrected chi connectivity index (χ3v) is 2.95. The minimum atomic E-state index is -1.40. The highest BCUT2D eigenvalue weighted by Crippen LogP contribution is 2.34. The standard InChI is InChI=1S/C11H14BrN3O4/c1-6-3-7(12)4-8(15(17)18)9(6)19-5-11(2,14)10(13)16/h3-4H,5,14H2,1-2H3,(H2,13,16). The van der Waals surface area contributed by atoms with Crippen molar-refractivity contribution in [3.05, 3.63) is 32.3 Å². The number of carbonyl (C=O) groups is 1. The van der Waals surface area contributed by atoms with Crippen LogP contribution in [0.1, 0.15) is 12.5 Å². The molecule has 0 aliphatic rings. The van der Waals surface area contributed by atoms with Crippen molar-refractivity contribution in [3.8, 4) is 5.75 Å². The van der Waals surface area contributed by atoms with Gasteiger partial charge in [0.25, 0.3) is 0 Å². The van der Waals surface area contributed by atoms with E-state index < -0.39 is 16.4 Å². The number of rotatable bonds is 5. The van der Waals surface area contributed by atoms with Crippen molar-refractivity contribution in [3.63, 3.8) is 0 Å². The molecule has 0 radical (unpaired) electrons. The van der Waals surface area contributed by atoms with Gasteiger partial charge in [-0.3, -0.25) is 14.9 Å². The molecule has 0 aliphatic heterocycles. The summed E-state index contributed by atoms with van der Waals surface area (Å²) in [4.78, 5) is 21.5. The third-order valence-electron chi connectivity index (χ3n) is 2.50. The number of nitrogens with two attached hydrogens (primary N) is 2. The summed E-state index contributed by atoms with van der Waals surface area (Å²) < 4.78 is 5.89. The highest BCUT2D eigenvalue weighted by molar-refractivity contribution is 9.10. The van der Waals surface area contributed by atoms with Crippen LogP contribution >= 0.6 is 15.9 Å². The number of amides is 1. The van der Waals surface area contributed by atoms with Crippen LogP contribution in [-0.2, 0) is 4.79 Å². The van der Waals surface area contributed by atoms with Crippen LogP contribution < -0.4 is 16.2 Å². The molecule has 0 heterocycles. The molecule has 0 aromatic heterocycles. The van der Waals surface area contributed by atoms with E-state index in [0.717, 1.165) is 0 Å². The molecular weight excluding hydrogens is 318 g/mol. The van der Waals surface area contributed by atoms with Crippen LogP contribution in [0.5, 0.6) is 5.75 Å². The van der Waals surface area contributed by atoms with Gasteiger partial charge in [0.2, 0.25) is 5.91 Å². The monoisotopic (exact) mass is 331 g/mol. The first-order valence-electron chi connectivity index (χ1n) is 5.31. The minimum Gasteiger partial charge on any atom is -0.484 e. The van der Waals surface area contributed by atoms with Crippen LogP contribution in [0.4, 0.5) is 5.69 Å². The van der Waals surface area contributed by atoms with Gasteiger partial charge in [0.05, 0.1) is 4.92 Å². The fourth-order valence-corrected chi connectivity index (χ4v) is 1.89. The quantitative estimate of drug-likeness (QED) is 0.621. The summed E-state index contributed by atoms with van der Waals surface area (Å²) >= 11 is 3.17. The maximum Gasteiger partial charge on any atom is 0.312 e. The van der Waals surface area contributed by atoms with Crippen molar-refractivity contribution in [2.75, 3.05) is 6.61 Å². The lowest BCUT2D eigenvalue weighted by Crippen LogP contribution is -2.53. The van der Waals surface area contributed by atoms with Crippen molar-refractivity contribution in [1.29, 1.82) is 0 Å². The second kappa shape index (κ2) is 5.54. The Hall–Kier alpha value is -1.67. The van der Waals surface area contributed by atoms with E-state index >= 15 is 0 Å². The van der Waals surface area contributed by atoms with Gasteiger partial charge in [0, 0.05) is 10.5 Å². The first-order chi connectivity index (χ1) is 8.65. The van der Waals surface area contributed by atoms with Crippen molar-refractivity contribution < 1.29 is 14.5 Å². The SMILES string of the molecule is Cc1cc(Br)cc([N+](=O)[O-])c1OCC(C)(N)C(N)=O. The predicted molar refractivity (Wildman–Crippen MR) is 72.8 cm³/mol. The van der Waals surface area contributed by atoms with Crippen LogP contribution in [0.25, 0.3) is 0 Å². The fourth-order valence-electron chi connectivity index (χ4n) is 1.33. The van der Waals surface area contributed by atoms with Gasteiger partial charge in [-0.15, -0.1) is 0 Å². The topological polar surface area (TPSA) is 121 Å². The van der Waals surface area contributed by atoms with Gasteiger partial charge in [0.1, 0.15) is 12.1 Å². The number of aryl methyl sites for hydroxylation is 1. The fraction of sp³-hybridized carbons (Fsp3) is 0.364. The molecule has 4 N–H and O–H groups in total. The van der Waals surface area contributed by atoms with Gasteiger partial charge in [-0.2, -0.15) is 0 Å². The number of carbonyl (C=O) groups excluding carboxylic acids is 1. The maximum absolute atomic E-state index is 11.1. The molecule has 0 fully saturated rings. The molecule has 0 bridgehead atoms. The Bertz CT molecular complexity index is 531. The summed E-state index contributed by atoms with van der Waals surface area (Å²) in [6.07, 6.45) is 0. The lowest BCUT2D eigenvalue weighted by atomic mass is 10.1. The number of hydrogen-bond acceptors (Lipinski definition) is 5. The zero-order valence-electron chi connectivity index (χ0n) is 10.5. The Balaban J connectivity index is 3.08. The Morgan fingerprint density at radius 2 is 2.16 bits per heavy atom. The number of hydrogen-bond donors (Lipinski definition) is 2. The Labute approximate surface area is 118 Å². The van der Waals surface area contributed by atoms with Gasteiger partial charge in [-0.25, -0.2) is 0 Å². The maximum atomic E-state index is 11.1. The van der Waals surface area contributed by atoms with E-state index in [1.165, 1.54) is 13.0 Å². The van der Waals surface area contributed by atoms with Crippen LogP contribution in [0, 0.1) is 17.0 Å². The van der Waals surface area contributed by atoms with E-state index in [4.69, 9.17) is 16.2 Å². The molecule has 1 aromatic carbocycles. The van der Waals surface area contributed by atoms with E-state index in [0.29, 0.717) is 10.0 Å². The molecule has 104 valence electrons. The van der Waals surface area contributed by atoms with Crippen molar-refractivity contribution in [2.24, 2.45) is 11.5 Å². The van der Waals surface area contributed by atoms with Crippen LogP contribution in [0.2, 0.25) is 0 Å². The molecule has 1 rings (SSSR count). The van der Waals surface area contributed by atoms with E-state index in [2.05, 4.69) is 15.9 Å². The summed E-state index contributed by atoms with van der Waals surface area (Å²) in [7, 11) is 0. The molecule has 0 saturated heterocycles. The average molecular weight is 332 g/mol. The Kier molecular flexibility index (Phi) is 4.48. The van der Waals surface area contributed by atoms with Crippen molar-refractivity contribution >= 4 is 27.5 Å². The minimum absolute atomic E-state index is 0.0751. The zero-order chi connectivity index (χ0) is 14.8. The molecular formula is C11H14BrN3O4. The van der Waals surface area contributed by atoms with Crippen LogP contribution in [0.3, 0.4) is 0 Å². The number of halogens is 1. The summed E-state index contributed by atoms with van der Waals surface area (Å²) in [5, 5.41) is 11.0. The van der Waals surface area contributed by atoms with Gasteiger partial charge in [0.15, 0.2) is 5.75 Å².